The number of rotatable bonds is 6. The molecule has 7 nitrogen and oxygen atoms in total. The van der Waals surface area contributed by atoms with Crippen LogP contribution in [-0.4, -0.2) is 22.7 Å². The lowest BCUT2D eigenvalue weighted by molar-refractivity contribution is -0.137. The molecule has 1 fully saturated rings. The van der Waals surface area contributed by atoms with Gasteiger partial charge in [-0.3, -0.25) is 14.4 Å². The number of anilines is 3. The summed E-state index contributed by atoms with van der Waals surface area (Å²) in [6, 6.07) is 5.05. The number of nitrogens with one attached hydrogen (secondary N) is 3. The first kappa shape index (κ1) is 26.5. The second-order valence-electron chi connectivity index (χ2n) is 8.19. The highest BCUT2D eigenvalue weighted by Gasteiger charge is 2.57. The number of amides is 3. The number of nitrogens with zero attached hydrogens (tertiary/aromatic N) is 1. The van der Waals surface area contributed by atoms with Crippen molar-refractivity contribution in [1.82, 2.24) is 4.98 Å². The zero-order valence-corrected chi connectivity index (χ0v) is 20.3. The van der Waals surface area contributed by atoms with Crippen LogP contribution < -0.4 is 16.0 Å². The normalized spacial score (nSPS) is 14.1. The molecule has 2 aromatic carbocycles. The minimum atomic E-state index is -4.64. The van der Waals surface area contributed by atoms with Gasteiger partial charge in [-0.15, -0.1) is 0 Å². The van der Waals surface area contributed by atoms with Crippen molar-refractivity contribution in [3.63, 3.8) is 0 Å². The minimum absolute atomic E-state index is 0.00791. The van der Waals surface area contributed by atoms with Crippen molar-refractivity contribution < 1.29 is 36.3 Å². The van der Waals surface area contributed by atoms with Gasteiger partial charge in [0.1, 0.15) is 21.9 Å². The van der Waals surface area contributed by atoms with Gasteiger partial charge in [0.05, 0.1) is 27.7 Å². The van der Waals surface area contributed by atoms with Gasteiger partial charge in [0.2, 0.25) is 11.8 Å². The molecular weight excluding hydrogens is 543 g/mol. The van der Waals surface area contributed by atoms with E-state index in [1.165, 1.54) is 6.92 Å². The van der Waals surface area contributed by atoms with Gasteiger partial charge in [0, 0.05) is 6.07 Å². The highest BCUT2D eigenvalue weighted by Crippen LogP contribution is 2.48. The van der Waals surface area contributed by atoms with Gasteiger partial charge in [-0.25, -0.2) is 13.8 Å². The van der Waals surface area contributed by atoms with E-state index in [1.54, 1.807) is 0 Å². The molecule has 1 heterocycles. The Hall–Kier alpha value is -3.58. The fourth-order valence-electron chi connectivity index (χ4n) is 3.37. The van der Waals surface area contributed by atoms with E-state index in [0.717, 1.165) is 35.6 Å². The van der Waals surface area contributed by atoms with Crippen LogP contribution in [0.15, 0.2) is 36.4 Å². The molecule has 37 heavy (non-hydrogen) atoms. The third kappa shape index (κ3) is 5.57. The average Bonchev–Trinajstić information content (AvgIpc) is 3.54. The predicted octanol–water partition coefficient (Wildman–Crippen LogP) is 6.01. The van der Waals surface area contributed by atoms with Gasteiger partial charge in [0.15, 0.2) is 5.13 Å². The molecule has 3 amide bonds. The van der Waals surface area contributed by atoms with E-state index in [9.17, 15) is 36.3 Å². The summed E-state index contributed by atoms with van der Waals surface area (Å²) in [4.78, 5) is 42.3. The Balaban J connectivity index is 1.46. The van der Waals surface area contributed by atoms with Crippen molar-refractivity contribution in [3.05, 3.63) is 69.2 Å². The number of halogens is 6. The predicted molar refractivity (Wildman–Crippen MR) is 127 cm³/mol. The summed E-state index contributed by atoms with van der Waals surface area (Å²) >= 11 is 6.66. The topological polar surface area (TPSA) is 100 Å². The highest BCUT2D eigenvalue weighted by molar-refractivity contribution is 7.17. The Bertz CT molecular complexity index is 1420. The molecule has 1 aliphatic rings. The Kier molecular flexibility index (Phi) is 6.95. The maximum atomic E-state index is 13.9. The third-order valence-corrected chi connectivity index (χ3v) is 6.97. The SMILES string of the molecule is Cc1nc(NC(=O)C2(C(=O)Nc3ccc(F)cc3F)CC2)sc1C(=O)Nc1cc(C(F)(F)F)ccc1Cl. The van der Waals surface area contributed by atoms with Crippen LogP contribution in [0, 0.1) is 24.0 Å². The maximum Gasteiger partial charge on any atom is 0.416 e. The Morgan fingerprint density at radius 2 is 1.65 bits per heavy atom. The number of aromatic nitrogens is 1. The van der Waals surface area contributed by atoms with Gasteiger partial charge < -0.3 is 16.0 Å². The van der Waals surface area contributed by atoms with Crippen molar-refractivity contribution in [1.29, 1.82) is 0 Å². The van der Waals surface area contributed by atoms with E-state index in [-0.39, 0.29) is 44.9 Å². The Morgan fingerprint density at radius 3 is 2.27 bits per heavy atom. The van der Waals surface area contributed by atoms with Crippen LogP contribution in [0.25, 0.3) is 0 Å². The molecule has 1 aliphatic carbocycles. The molecule has 3 aromatic rings. The maximum absolute atomic E-state index is 13.9. The summed E-state index contributed by atoms with van der Waals surface area (Å²) in [5, 5.41) is 6.89. The van der Waals surface area contributed by atoms with Gasteiger partial charge in [-0.1, -0.05) is 22.9 Å². The molecule has 0 radical (unpaired) electrons. The van der Waals surface area contributed by atoms with E-state index < -0.39 is 46.5 Å². The molecule has 194 valence electrons. The lowest BCUT2D eigenvalue weighted by atomic mass is 10.1. The Morgan fingerprint density at radius 1 is 0.973 bits per heavy atom. The zero-order chi connectivity index (χ0) is 27.1. The molecular formula is C23H16ClF5N4O3S. The van der Waals surface area contributed by atoms with Crippen LogP contribution >= 0.6 is 22.9 Å². The van der Waals surface area contributed by atoms with Crippen molar-refractivity contribution in [3.8, 4) is 0 Å². The summed E-state index contributed by atoms with van der Waals surface area (Å²) in [6.45, 7) is 1.45. The highest BCUT2D eigenvalue weighted by atomic mass is 35.5. The molecule has 0 atom stereocenters. The van der Waals surface area contributed by atoms with Crippen molar-refractivity contribution in [2.24, 2.45) is 5.41 Å². The zero-order valence-electron chi connectivity index (χ0n) is 18.7. The average molecular weight is 559 g/mol. The van der Waals surface area contributed by atoms with Crippen LogP contribution in [0.2, 0.25) is 5.02 Å². The molecule has 3 N–H and O–H groups in total. The number of carbonyl (C=O) groups excluding carboxylic acids is 3. The number of benzene rings is 2. The number of alkyl halides is 3. The second kappa shape index (κ2) is 9.71. The molecule has 1 aromatic heterocycles. The lowest BCUT2D eigenvalue weighted by Gasteiger charge is -2.14. The van der Waals surface area contributed by atoms with E-state index in [1.807, 2.05) is 0 Å². The summed E-state index contributed by atoms with van der Waals surface area (Å²) in [6.07, 6.45) is -4.31. The molecule has 4 rings (SSSR count). The van der Waals surface area contributed by atoms with Crippen LogP contribution in [-0.2, 0) is 15.8 Å². The minimum Gasteiger partial charge on any atom is -0.323 e. The number of hydrogen-bond donors (Lipinski definition) is 3. The van der Waals surface area contributed by atoms with E-state index >= 15 is 0 Å². The summed E-state index contributed by atoms with van der Waals surface area (Å²) < 4.78 is 66.0. The van der Waals surface area contributed by atoms with Crippen LogP contribution in [0.1, 0.15) is 33.8 Å². The molecule has 0 bridgehead atoms. The number of hydrogen-bond acceptors (Lipinski definition) is 5. The molecule has 0 spiro atoms. The smallest absolute Gasteiger partial charge is 0.323 e. The van der Waals surface area contributed by atoms with Crippen LogP contribution in [0.3, 0.4) is 0 Å². The third-order valence-electron chi connectivity index (χ3n) is 5.56. The van der Waals surface area contributed by atoms with Crippen LogP contribution in [0.5, 0.6) is 0 Å². The molecule has 14 heteroatoms. The van der Waals surface area contributed by atoms with Crippen molar-refractivity contribution in [2.45, 2.75) is 25.9 Å². The summed E-state index contributed by atoms with van der Waals surface area (Å²) in [5.74, 6) is -4.17. The quantitative estimate of drug-likeness (QED) is 0.255. The largest absolute Gasteiger partial charge is 0.416 e. The van der Waals surface area contributed by atoms with Gasteiger partial charge in [0.25, 0.3) is 5.91 Å². The fraction of sp³-hybridized carbons (Fsp3) is 0.217. The number of aryl methyl sites for hydroxylation is 1. The monoisotopic (exact) mass is 558 g/mol. The fourth-order valence-corrected chi connectivity index (χ4v) is 4.39. The number of carbonyl (C=O) groups is 3. The van der Waals surface area contributed by atoms with Gasteiger partial charge in [-0.2, -0.15) is 13.2 Å². The Labute approximate surface area is 215 Å². The van der Waals surface area contributed by atoms with Crippen molar-refractivity contribution in [2.75, 3.05) is 16.0 Å². The summed E-state index contributed by atoms with van der Waals surface area (Å²) in [7, 11) is 0. The lowest BCUT2D eigenvalue weighted by Crippen LogP contribution is -2.35. The molecule has 1 saturated carbocycles. The first-order valence-corrected chi connectivity index (χ1v) is 11.7. The molecule has 0 unspecified atom stereocenters. The van der Waals surface area contributed by atoms with E-state index in [0.29, 0.717) is 12.1 Å². The standard InChI is InChI=1S/C23H16ClF5N4O3S/c1-10-17(18(34)31-16-8-11(23(27,28)29)2-4-13(16)24)37-21(30-10)33-20(36)22(6-7-22)19(35)32-15-5-3-12(25)9-14(15)26/h2-5,8-9H,6-7H2,1H3,(H,31,34)(H,32,35)(H,30,33,36). The second-order valence-corrected chi connectivity index (χ2v) is 9.60. The van der Waals surface area contributed by atoms with Gasteiger partial charge in [-0.05, 0) is 50.1 Å². The van der Waals surface area contributed by atoms with E-state index in [2.05, 4.69) is 20.9 Å². The molecule has 0 saturated heterocycles. The first-order valence-electron chi connectivity index (χ1n) is 10.5. The van der Waals surface area contributed by atoms with E-state index in [4.69, 9.17) is 11.6 Å². The number of thiazole rings is 1. The molecule has 0 aliphatic heterocycles. The van der Waals surface area contributed by atoms with Gasteiger partial charge >= 0.3 is 6.18 Å². The first-order chi connectivity index (χ1) is 17.3. The van der Waals surface area contributed by atoms with Crippen LogP contribution in [0.4, 0.5) is 38.5 Å². The van der Waals surface area contributed by atoms with Crippen molar-refractivity contribution >= 4 is 57.2 Å². The summed E-state index contributed by atoms with van der Waals surface area (Å²) in [5.41, 5.74) is -2.89.